The number of carboxylic acid groups (broad SMARTS) is 1. The molecule has 2 N–H and O–H groups in total. The molecule has 3 fully saturated rings. The quantitative estimate of drug-likeness (QED) is 0.837. The molecule has 22 heavy (non-hydrogen) atoms. The zero-order chi connectivity index (χ0) is 15.5. The number of fused-ring (bicyclic) bond motifs is 3. The summed E-state index contributed by atoms with van der Waals surface area (Å²) in [6.07, 6.45) is 6.03. The normalized spacial score (nSPS) is 27.0. The highest BCUT2D eigenvalue weighted by Gasteiger charge is 2.32. The first-order valence-electron chi connectivity index (χ1n) is 7.67. The number of aromatic carboxylic acids is 1. The van der Waals surface area contributed by atoms with Crippen molar-refractivity contribution in [3.05, 3.63) is 42.0 Å². The van der Waals surface area contributed by atoms with Gasteiger partial charge in [0.15, 0.2) is 0 Å². The van der Waals surface area contributed by atoms with E-state index in [-0.39, 0.29) is 11.5 Å². The summed E-state index contributed by atoms with van der Waals surface area (Å²) in [5.74, 6) is -0.0547. The molecule has 3 heterocycles. The lowest BCUT2D eigenvalue weighted by Crippen LogP contribution is -2.46. The number of carboxylic acids is 1. The van der Waals surface area contributed by atoms with Crippen LogP contribution in [0.3, 0.4) is 0 Å². The molecule has 5 heteroatoms. The van der Waals surface area contributed by atoms with Crippen LogP contribution in [-0.4, -0.2) is 41.5 Å². The summed E-state index contributed by atoms with van der Waals surface area (Å²) in [7, 11) is 0. The number of anilines is 1. The molecule has 0 aromatic heterocycles. The van der Waals surface area contributed by atoms with Gasteiger partial charge in [0, 0.05) is 12.2 Å². The van der Waals surface area contributed by atoms with Gasteiger partial charge in [0.05, 0.1) is 5.56 Å². The molecule has 3 saturated heterocycles. The molecule has 0 radical (unpaired) electrons. The smallest absolute Gasteiger partial charge is 0.335 e. The Balaban J connectivity index is 1.59. The van der Waals surface area contributed by atoms with E-state index in [1.54, 1.807) is 18.2 Å². The molecule has 1 unspecified atom stereocenters. The van der Waals surface area contributed by atoms with Crippen molar-refractivity contribution in [2.45, 2.75) is 12.8 Å². The van der Waals surface area contributed by atoms with Crippen LogP contribution in [0.5, 0.6) is 0 Å². The van der Waals surface area contributed by atoms with Gasteiger partial charge >= 0.3 is 5.97 Å². The van der Waals surface area contributed by atoms with Crippen molar-refractivity contribution in [2.24, 2.45) is 11.8 Å². The SMILES string of the molecule is O=C(/C=C/C1CN2CCC1CC2)Nc1cccc(C(=O)O)c1. The molecule has 5 nitrogen and oxygen atoms in total. The first-order valence-corrected chi connectivity index (χ1v) is 7.67. The fourth-order valence-electron chi connectivity index (χ4n) is 3.35. The largest absolute Gasteiger partial charge is 0.478 e. The van der Waals surface area contributed by atoms with Crippen molar-refractivity contribution in [2.75, 3.05) is 25.0 Å². The van der Waals surface area contributed by atoms with E-state index in [9.17, 15) is 9.59 Å². The first-order chi connectivity index (χ1) is 10.6. The fourth-order valence-corrected chi connectivity index (χ4v) is 3.35. The number of amides is 1. The van der Waals surface area contributed by atoms with E-state index >= 15 is 0 Å². The van der Waals surface area contributed by atoms with Gasteiger partial charge in [-0.25, -0.2) is 4.79 Å². The minimum absolute atomic E-state index is 0.166. The standard InChI is InChI=1S/C17H20N2O3/c20-16(18-15-3-1-2-13(10-15)17(21)22)5-4-14-11-19-8-6-12(14)7-9-19/h1-5,10,12,14H,6-9,11H2,(H,18,20)(H,21,22)/b5-4+. The summed E-state index contributed by atoms with van der Waals surface area (Å²) in [4.78, 5) is 25.3. The predicted octanol–water partition coefficient (Wildman–Crippen LogP) is 2.22. The highest BCUT2D eigenvalue weighted by molar-refractivity contribution is 6.00. The maximum Gasteiger partial charge on any atom is 0.335 e. The number of nitrogens with one attached hydrogen (secondary N) is 1. The van der Waals surface area contributed by atoms with Crippen molar-refractivity contribution in [3.8, 4) is 0 Å². The third-order valence-corrected chi connectivity index (χ3v) is 4.58. The molecular weight excluding hydrogens is 280 g/mol. The van der Waals surface area contributed by atoms with Gasteiger partial charge in [0.25, 0.3) is 0 Å². The lowest BCUT2D eigenvalue weighted by molar-refractivity contribution is -0.112. The molecular formula is C17H20N2O3. The minimum Gasteiger partial charge on any atom is -0.478 e. The van der Waals surface area contributed by atoms with Gasteiger partial charge in [-0.15, -0.1) is 0 Å². The monoisotopic (exact) mass is 300 g/mol. The Hall–Kier alpha value is -2.14. The second kappa shape index (κ2) is 6.32. The summed E-state index contributed by atoms with van der Waals surface area (Å²) < 4.78 is 0. The number of piperidine rings is 3. The lowest BCUT2D eigenvalue weighted by Gasteiger charge is -2.43. The third-order valence-electron chi connectivity index (χ3n) is 4.58. The van der Waals surface area contributed by atoms with Crippen LogP contribution in [0, 0.1) is 11.8 Å². The van der Waals surface area contributed by atoms with Gasteiger partial charge < -0.3 is 15.3 Å². The number of carbonyl (C=O) groups excluding carboxylic acids is 1. The van der Waals surface area contributed by atoms with E-state index in [2.05, 4.69) is 10.2 Å². The molecule has 1 amide bonds. The predicted molar refractivity (Wildman–Crippen MR) is 83.8 cm³/mol. The van der Waals surface area contributed by atoms with Crippen LogP contribution in [0.15, 0.2) is 36.4 Å². The van der Waals surface area contributed by atoms with Crippen LogP contribution in [-0.2, 0) is 4.79 Å². The lowest BCUT2D eigenvalue weighted by atomic mass is 9.79. The number of benzene rings is 1. The molecule has 4 rings (SSSR count). The summed E-state index contributed by atoms with van der Waals surface area (Å²) in [6.45, 7) is 3.41. The highest BCUT2D eigenvalue weighted by atomic mass is 16.4. The highest BCUT2D eigenvalue weighted by Crippen LogP contribution is 2.32. The summed E-state index contributed by atoms with van der Waals surface area (Å²) in [6, 6.07) is 6.27. The second-order valence-corrected chi connectivity index (χ2v) is 6.04. The number of nitrogens with zero attached hydrogens (tertiary/aromatic N) is 1. The Morgan fingerprint density at radius 2 is 2.05 bits per heavy atom. The molecule has 3 aliphatic heterocycles. The van der Waals surface area contributed by atoms with E-state index in [0.29, 0.717) is 17.5 Å². The zero-order valence-corrected chi connectivity index (χ0v) is 12.4. The maximum atomic E-state index is 12.0. The van der Waals surface area contributed by atoms with Gasteiger partial charge in [-0.3, -0.25) is 4.79 Å². The Morgan fingerprint density at radius 1 is 1.27 bits per heavy atom. The molecule has 116 valence electrons. The van der Waals surface area contributed by atoms with Gasteiger partial charge in [0.2, 0.25) is 5.91 Å². The van der Waals surface area contributed by atoms with E-state index < -0.39 is 5.97 Å². The molecule has 0 spiro atoms. The van der Waals surface area contributed by atoms with E-state index in [0.717, 1.165) is 6.54 Å². The van der Waals surface area contributed by atoms with Gasteiger partial charge in [-0.05, 0) is 62.0 Å². The van der Waals surface area contributed by atoms with Gasteiger partial charge in [0.1, 0.15) is 0 Å². The van der Waals surface area contributed by atoms with E-state index in [4.69, 9.17) is 5.11 Å². The Kier molecular flexibility index (Phi) is 4.24. The van der Waals surface area contributed by atoms with Crippen molar-refractivity contribution >= 4 is 17.6 Å². The average molecular weight is 300 g/mol. The Bertz CT molecular complexity index is 604. The van der Waals surface area contributed by atoms with Crippen LogP contribution < -0.4 is 5.32 Å². The van der Waals surface area contributed by atoms with Gasteiger partial charge in [-0.2, -0.15) is 0 Å². The van der Waals surface area contributed by atoms with E-state index in [1.807, 2.05) is 6.08 Å². The third kappa shape index (κ3) is 3.36. The van der Waals surface area contributed by atoms with Crippen molar-refractivity contribution in [3.63, 3.8) is 0 Å². The summed E-state index contributed by atoms with van der Waals surface area (Å²) in [5.41, 5.74) is 0.669. The number of carbonyl (C=O) groups is 2. The van der Waals surface area contributed by atoms with Crippen molar-refractivity contribution in [1.82, 2.24) is 4.90 Å². The Morgan fingerprint density at radius 3 is 2.68 bits per heavy atom. The summed E-state index contributed by atoms with van der Waals surface area (Å²) in [5, 5.41) is 11.7. The zero-order valence-electron chi connectivity index (χ0n) is 12.4. The Labute approximate surface area is 129 Å². The molecule has 0 aliphatic carbocycles. The van der Waals surface area contributed by atoms with Crippen molar-refractivity contribution in [1.29, 1.82) is 0 Å². The second-order valence-electron chi connectivity index (χ2n) is 6.04. The van der Waals surface area contributed by atoms with Crippen molar-refractivity contribution < 1.29 is 14.7 Å². The van der Waals surface area contributed by atoms with Crippen LogP contribution in [0.2, 0.25) is 0 Å². The molecule has 1 aromatic carbocycles. The number of hydrogen-bond acceptors (Lipinski definition) is 3. The molecule has 1 atom stereocenters. The van der Waals surface area contributed by atoms with Crippen LogP contribution in [0.4, 0.5) is 5.69 Å². The number of rotatable bonds is 4. The van der Waals surface area contributed by atoms with E-state index in [1.165, 1.54) is 38.1 Å². The molecule has 3 aliphatic rings. The molecule has 0 saturated carbocycles. The average Bonchev–Trinajstić information content (AvgIpc) is 2.54. The minimum atomic E-state index is -1.00. The van der Waals surface area contributed by atoms with Crippen LogP contribution in [0.1, 0.15) is 23.2 Å². The molecule has 2 bridgehead atoms. The maximum absolute atomic E-state index is 12.0. The topological polar surface area (TPSA) is 69.6 Å². The van der Waals surface area contributed by atoms with Crippen LogP contribution in [0.25, 0.3) is 0 Å². The summed E-state index contributed by atoms with van der Waals surface area (Å²) >= 11 is 0. The van der Waals surface area contributed by atoms with Gasteiger partial charge in [-0.1, -0.05) is 12.1 Å². The fraction of sp³-hybridized carbons (Fsp3) is 0.412. The van der Waals surface area contributed by atoms with Crippen LogP contribution >= 0.6 is 0 Å². The number of hydrogen-bond donors (Lipinski definition) is 2. The first kappa shape index (κ1) is 14.8. The molecule has 1 aromatic rings.